The maximum absolute atomic E-state index is 3.97. The predicted molar refractivity (Wildman–Crippen MR) is 89.5 cm³/mol. The summed E-state index contributed by atoms with van der Waals surface area (Å²) >= 11 is 2.15. The van der Waals surface area contributed by atoms with Crippen molar-refractivity contribution in [1.82, 2.24) is 5.32 Å². The average molecular weight is 289 g/mol. The number of fused-ring (bicyclic) bond motifs is 1. The first-order valence-electron chi connectivity index (χ1n) is 8.24. The van der Waals surface area contributed by atoms with Gasteiger partial charge in [-0.05, 0) is 54.9 Å². The normalized spacial score (nSPS) is 33.1. The molecule has 0 aromatic heterocycles. The third kappa shape index (κ3) is 3.07. The van der Waals surface area contributed by atoms with Gasteiger partial charge in [0.25, 0.3) is 0 Å². The first-order chi connectivity index (χ1) is 9.78. The topological polar surface area (TPSA) is 12.0 Å². The molecule has 4 atom stereocenters. The molecular formula is C18H27NS. The van der Waals surface area contributed by atoms with Gasteiger partial charge in [-0.25, -0.2) is 0 Å². The van der Waals surface area contributed by atoms with E-state index in [1.165, 1.54) is 37.9 Å². The lowest BCUT2D eigenvalue weighted by Gasteiger charge is -2.32. The molecule has 1 aromatic carbocycles. The summed E-state index contributed by atoms with van der Waals surface area (Å²) in [5.41, 5.74) is 3.14. The van der Waals surface area contributed by atoms with Crippen molar-refractivity contribution in [2.45, 2.75) is 69.2 Å². The Labute approximate surface area is 127 Å². The second kappa shape index (κ2) is 6.53. The second-order valence-electron chi connectivity index (χ2n) is 6.41. The molecule has 0 bridgehead atoms. The van der Waals surface area contributed by atoms with E-state index in [-0.39, 0.29) is 0 Å². The van der Waals surface area contributed by atoms with Crippen LogP contribution in [0.15, 0.2) is 24.3 Å². The van der Waals surface area contributed by atoms with Crippen molar-refractivity contribution in [3.05, 3.63) is 35.4 Å². The highest BCUT2D eigenvalue weighted by Gasteiger charge is 2.30. The van der Waals surface area contributed by atoms with Gasteiger partial charge < -0.3 is 5.32 Å². The highest BCUT2D eigenvalue weighted by Crippen LogP contribution is 2.39. The third-order valence-electron chi connectivity index (χ3n) is 5.01. The highest BCUT2D eigenvalue weighted by atomic mass is 32.2. The van der Waals surface area contributed by atoms with Crippen molar-refractivity contribution in [2.75, 3.05) is 5.75 Å². The van der Waals surface area contributed by atoms with Crippen LogP contribution >= 0.6 is 11.8 Å². The molecule has 1 fully saturated rings. The molecule has 4 unspecified atom stereocenters. The van der Waals surface area contributed by atoms with Gasteiger partial charge in [0.05, 0.1) is 0 Å². The fourth-order valence-electron chi connectivity index (χ4n) is 3.94. The van der Waals surface area contributed by atoms with Gasteiger partial charge in [-0.15, -0.1) is 0 Å². The summed E-state index contributed by atoms with van der Waals surface area (Å²) in [6.45, 7) is 4.66. The Morgan fingerprint density at radius 3 is 2.70 bits per heavy atom. The van der Waals surface area contributed by atoms with Gasteiger partial charge in [0.2, 0.25) is 0 Å². The summed E-state index contributed by atoms with van der Waals surface area (Å²) in [6.07, 6.45) is 6.77. The first-order valence-corrected chi connectivity index (χ1v) is 9.29. The van der Waals surface area contributed by atoms with E-state index in [9.17, 15) is 0 Å². The largest absolute Gasteiger partial charge is 0.307 e. The molecule has 2 heteroatoms. The minimum atomic E-state index is 0.595. The monoisotopic (exact) mass is 289 g/mol. The Morgan fingerprint density at radius 1 is 1.10 bits per heavy atom. The summed E-state index contributed by atoms with van der Waals surface area (Å²) in [7, 11) is 0. The zero-order chi connectivity index (χ0) is 13.9. The Morgan fingerprint density at radius 2 is 1.90 bits per heavy atom. The molecule has 3 rings (SSSR count). The van der Waals surface area contributed by atoms with E-state index < -0.39 is 0 Å². The van der Waals surface area contributed by atoms with Gasteiger partial charge >= 0.3 is 0 Å². The van der Waals surface area contributed by atoms with E-state index in [1.807, 2.05) is 0 Å². The first kappa shape index (κ1) is 14.5. The smallest absolute Gasteiger partial charge is 0.0325 e. The summed E-state index contributed by atoms with van der Waals surface area (Å²) in [5.74, 6) is 2.00. The third-order valence-corrected chi connectivity index (χ3v) is 6.25. The van der Waals surface area contributed by atoms with Crippen molar-refractivity contribution in [1.29, 1.82) is 0 Å². The average Bonchev–Trinajstić information content (AvgIpc) is 2.90. The molecule has 0 aliphatic heterocycles. The molecule has 110 valence electrons. The summed E-state index contributed by atoms with van der Waals surface area (Å²) in [6, 6.07) is 10.4. The Hall–Kier alpha value is -0.470. The Kier molecular flexibility index (Phi) is 4.72. The van der Waals surface area contributed by atoms with Crippen LogP contribution in [-0.2, 0) is 0 Å². The maximum atomic E-state index is 3.97. The summed E-state index contributed by atoms with van der Waals surface area (Å²) < 4.78 is 0. The van der Waals surface area contributed by atoms with Crippen molar-refractivity contribution >= 4 is 11.8 Å². The second-order valence-corrected chi connectivity index (χ2v) is 7.99. The minimum Gasteiger partial charge on any atom is -0.307 e. The van der Waals surface area contributed by atoms with E-state index in [2.05, 4.69) is 55.2 Å². The van der Waals surface area contributed by atoms with Crippen LogP contribution in [0.1, 0.15) is 69.0 Å². The zero-order valence-corrected chi connectivity index (χ0v) is 13.6. The van der Waals surface area contributed by atoms with E-state index in [4.69, 9.17) is 0 Å². The van der Waals surface area contributed by atoms with Crippen LogP contribution in [0.3, 0.4) is 0 Å². The molecule has 0 radical (unpaired) electrons. The molecule has 1 N–H and O–H groups in total. The van der Waals surface area contributed by atoms with Gasteiger partial charge in [0.1, 0.15) is 0 Å². The lowest BCUT2D eigenvalue weighted by Crippen LogP contribution is -2.33. The molecule has 0 amide bonds. The minimum absolute atomic E-state index is 0.595. The van der Waals surface area contributed by atoms with Gasteiger partial charge in [-0.1, -0.05) is 38.1 Å². The molecule has 0 heterocycles. The predicted octanol–water partition coefficient (Wildman–Crippen LogP) is 4.89. The number of hydrogen-bond acceptors (Lipinski definition) is 2. The number of thioether (sulfide) groups is 1. The summed E-state index contributed by atoms with van der Waals surface area (Å²) in [4.78, 5) is 0. The fraction of sp³-hybridized carbons (Fsp3) is 0.667. The van der Waals surface area contributed by atoms with Crippen molar-refractivity contribution < 1.29 is 0 Å². The molecular weight excluding hydrogens is 262 g/mol. The summed E-state index contributed by atoms with van der Waals surface area (Å²) in [5, 5.41) is 4.87. The SMILES string of the molecule is CCSC1CCC(NC2CCC(C)c3ccccc32)C1. The van der Waals surface area contributed by atoms with Crippen LogP contribution in [0.2, 0.25) is 0 Å². The van der Waals surface area contributed by atoms with Crippen LogP contribution in [-0.4, -0.2) is 17.0 Å². The number of rotatable bonds is 4. The standard InChI is InChI=1S/C18H27NS/c1-3-20-15-10-9-14(12-15)19-18-11-8-13(2)16-6-4-5-7-17(16)18/h4-7,13-15,18-19H,3,8-12H2,1-2H3. The molecule has 20 heavy (non-hydrogen) atoms. The van der Waals surface area contributed by atoms with Crippen molar-refractivity contribution in [3.63, 3.8) is 0 Å². The number of nitrogens with one attached hydrogen (secondary N) is 1. The molecule has 1 saturated carbocycles. The lowest BCUT2D eigenvalue weighted by atomic mass is 9.81. The van der Waals surface area contributed by atoms with Crippen LogP contribution in [0.4, 0.5) is 0 Å². The maximum Gasteiger partial charge on any atom is 0.0325 e. The Bertz CT molecular complexity index is 445. The number of benzene rings is 1. The van der Waals surface area contributed by atoms with Crippen molar-refractivity contribution in [2.24, 2.45) is 0 Å². The lowest BCUT2D eigenvalue weighted by molar-refractivity contribution is 0.382. The fourth-order valence-corrected chi connectivity index (χ4v) is 5.08. The van der Waals surface area contributed by atoms with E-state index in [0.717, 1.165) is 17.2 Å². The van der Waals surface area contributed by atoms with E-state index in [1.54, 1.807) is 11.1 Å². The van der Waals surface area contributed by atoms with Crippen LogP contribution in [0, 0.1) is 0 Å². The van der Waals surface area contributed by atoms with Gasteiger partial charge in [0.15, 0.2) is 0 Å². The Balaban J connectivity index is 1.66. The van der Waals surface area contributed by atoms with Crippen LogP contribution < -0.4 is 5.32 Å². The van der Waals surface area contributed by atoms with Gasteiger partial charge in [-0.2, -0.15) is 11.8 Å². The quantitative estimate of drug-likeness (QED) is 0.847. The van der Waals surface area contributed by atoms with Crippen LogP contribution in [0.25, 0.3) is 0 Å². The molecule has 0 saturated heterocycles. The highest BCUT2D eigenvalue weighted by molar-refractivity contribution is 7.99. The number of hydrogen-bond donors (Lipinski definition) is 1. The van der Waals surface area contributed by atoms with Gasteiger partial charge in [-0.3, -0.25) is 0 Å². The molecule has 0 spiro atoms. The van der Waals surface area contributed by atoms with E-state index in [0.29, 0.717) is 6.04 Å². The molecule has 2 aliphatic carbocycles. The van der Waals surface area contributed by atoms with Gasteiger partial charge in [0, 0.05) is 17.3 Å². The molecule has 1 nitrogen and oxygen atoms in total. The van der Waals surface area contributed by atoms with Crippen molar-refractivity contribution in [3.8, 4) is 0 Å². The van der Waals surface area contributed by atoms with Crippen LogP contribution in [0.5, 0.6) is 0 Å². The molecule has 1 aromatic rings. The zero-order valence-electron chi connectivity index (χ0n) is 12.8. The van der Waals surface area contributed by atoms with E-state index >= 15 is 0 Å². The molecule has 2 aliphatic rings.